The van der Waals surface area contributed by atoms with Crippen molar-refractivity contribution in [3.63, 3.8) is 0 Å². The second-order valence-corrected chi connectivity index (χ2v) is 8.12. The van der Waals surface area contributed by atoms with Gasteiger partial charge in [-0.25, -0.2) is 4.79 Å². The molecule has 2 amide bonds. The van der Waals surface area contributed by atoms with Crippen LogP contribution < -0.4 is 5.32 Å². The Morgan fingerprint density at radius 1 is 1.00 bits per heavy atom. The van der Waals surface area contributed by atoms with Gasteiger partial charge in [0.1, 0.15) is 0 Å². The van der Waals surface area contributed by atoms with E-state index in [2.05, 4.69) is 41.2 Å². The van der Waals surface area contributed by atoms with Crippen LogP contribution in [0.2, 0.25) is 10.0 Å². The molecule has 0 unspecified atom stereocenters. The zero-order chi connectivity index (χ0) is 21.3. The summed E-state index contributed by atoms with van der Waals surface area (Å²) in [7, 11) is 0. The fourth-order valence-electron chi connectivity index (χ4n) is 3.30. The Labute approximate surface area is 188 Å². The molecular formula is C24H27Cl2N3O. The first-order valence-electron chi connectivity index (χ1n) is 10.3. The molecule has 1 N–H and O–H groups in total. The van der Waals surface area contributed by atoms with Gasteiger partial charge in [0, 0.05) is 30.7 Å². The summed E-state index contributed by atoms with van der Waals surface area (Å²) in [6.45, 7) is 4.17. The van der Waals surface area contributed by atoms with Crippen molar-refractivity contribution in [1.29, 1.82) is 0 Å². The number of benzene rings is 2. The first kappa shape index (κ1) is 22.3. The molecule has 0 aliphatic carbocycles. The van der Waals surface area contributed by atoms with E-state index >= 15 is 0 Å². The van der Waals surface area contributed by atoms with Crippen LogP contribution >= 0.6 is 23.2 Å². The number of hydrogen-bond acceptors (Lipinski definition) is 1. The average Bonchev–Trinajstić information content (AvgIpc) is 3.17. The Bertz CT molecular complexity index is 956. The molecule has 0 saturated carbocycles. The summed E-state index contributed by atoms with van der Waals surface area (Å²) in [6.07, 6.45) is 5.21. The topological polar surface area (TPSA) is 37.3 Å². The molecule has 1 aromatic heterocycles. The highest BCUT2D eigenvalue weighted by atomic mass is 35.5. The second kappa shape index (κ2) is 11.1. The fourth-order valence-corrected chi connectivity index (χ4v) is 3.60. The van der Waals surface area contributed by atoms with Gasteiger partial charge < -0.3 is 14.8 Å². The van der Waals surface area contributed by atoms with Crippen molar-refractivity contribution in [3.05, 3.63) is 88.2 Å². The van der Waals surface area contributed by atoms with Crippen molar-refractivity contribution in [2.45, 2.75) is 39.3 Å². The van der Waals surface area contributed by atoms with Gasteiger partial charge in [-0.3, -0.25) is 0 Å². The minimum absolute atomic E-state index is 0.142. The fraction of sp³-hybridized carbons (Fsp3) is 0.292. The smallest absolute Gasteiger partial charge is 0.322 e. The summed E-state index contributed by atoms with van der Waals surface area (Å²) in [6, 6.07) is 19.4. The molecule has 0 aliphatic heterocycles. The zero-order valence-electron chi connectivity index (χ0n) is 17.2. The van der Waals surface area contributed by atoms with E-state index in [0.29, 0.717) is 28.8 Å². The number of anilines is 1. The van der Waals surface area contributed by atoms with Gasteiger partial charge in [-0.1, -0.05) is 73.3 Å². The van der Waals surface area contributed by atoms with E-state index in [-0.39, 0.29) is 6.03 Å². The molecule has 2 aromatic carbocycles. The molecule has 1 heterocycles. The van der Waals surface area contributed by atoms with Gasteiger partial charge in [0.25, 0.3) is 0 Å². The van der Waals surface area contributed by atoms with Gasteiger partial charge in [-0.05, 0) is 42.3 Å². The molecular weight excluding hydrogens is 417 g/mol. The Morgan fingerprint density at radius 3 is 2.53 bits per heavy atom. The maximum Gasteiger partial charge on any atom is 0.322 e. The van der Waals surface area contributed by atoms with Crippen molar-refractivity contribution in [3.8, 4) is 0 Å². The molecule has 0 saturated heterocycles. The highest BCUT2D eigenvalue weighted by molar-refractivity contribution is 6.42. The SMILES string of the molecule is CCCCCN(Cc1cccn1Cc1ccccc1)C(=O)Nc1ccc(Cl)c(Cl)c1. The van der Waals surface area contributed by atoms with E-state index in [0.717, 1.165) is 31.5 Å². The highest BCUT2D eigenvalue weighted by Gasteiger charge is 2.16. The lowest BCUT2D eigenvalue weighted by atomic mass is 10.2. The Balaban J connectivity index is 1.73. The van der Waals surface area contributed by atoms with Crippen molar-refractivity contribution in [2.75, 3.05) is 11.9 Å². The van der Waals surface area contributed by atoms with E-state index in [1.165, 1.54) is 5.56 Å². The summed E-state index contributed by atoms with van der Waals surface area (Å²) < 4.78 is 2.19. The number of unbranched alkanes of at least 4 members (excludes halogenated alkanes) is 2. The first-order valence-corrected chi connectivity index (χ1v) is 11.0. The first-order chi connectivity index (χ1) is 14.6. The maximum atomic E-state index is 13.0. The third-order valence-electron chi connectivity index (χ3n) is 4.96. The van der Waals surface area contributed by atoms with E-state index in [4.69, 9.17) is 23.2 Å². The molecule has 6 heteroatoms. The van der Waals surface area contributed by atoms with Crippen LogP contribution in [-0.2, 0) is 13.1 Å². The van der Waals surface area contributed by atoms with E-state index in [1.807, 2.05) is 29.2 Å². The van der Waals surface area contributed by atoms with Crippen molar-refractivity contribution >= 4 is 34.9 Å². The number of halogens is 2. The normalized spacial score (nSPS) is 10.8. The van der Waals surface area contributed by atoms with Crippen LogP contribution in [0.25, 0.3) is 0 Å². The van der Waals surface area contributed by atoms with Crippen molar-refractivity contribution in [1.82, 2.24) is 9.47 Å². The number of nitrogens with one attached hydrogen (secondary N) is 1. The van der Waals surface area contributed by atoms with Gasteiger partial charge in [0.15, 0.2) is 0 Å². The number of nitrogens with zero attached hydrogens (tertiary/aromatic N) is 2. The number of carbonyl (C=O) groups is 1. The van der Waals surface area contributed by atoms with Gasteiger partial charge in [-0.15, -0.1) is 0 Å². The minimum Gasteiger partial charge on any atom is -0.345 e. The minimum atomic E-state index is -0.142. The summed E-state index contributed by atoms with van der Waals surface area (Å²) in [5.41, 5.74) is 2.96. The number of amides is 2. The van der Waals surface area contributed by atoms with Crippen LogP contribution in [0.3, 0.4) is 0 Å². The lowest BCUT2D eigenvalue weighted by molar-refractivity contribution is 0.206. The molecule has 4 nitrogen and oxygen atoms in total. The molecule has 158 valence electrons. The zero-order valence-corrected chi connectivity index (χ0v) is 18.7. The average molecular weight is 444 g/mol. The third kappa shape index (κ3) is 6.28. The number of aromatic nitrogens is 1. The lowest BCUT2D eigenvalue weighted by Crippen LogP contribution is -2.36. The number of hydrogen-bond donors (Lipinski definition) is 1. The Hall–Kier alpha value is -2.43. The Kier molecular flexibility index (Phi) is 8.23. The third-order valence-corrected chi connectivity index (χ3v) is 5.70. The highest BCUT2D eigenvalue weighted by Crippen LogP contribution is 2.25. The predicted molar refractivity (Wildman–Crippen MR) is 125 cm³/mol. The van der Waals surface area contributed by atoms with Crippen LogP contribution in [0.15, 0.2) is 66.9 Å². The summed E-state index contributed by atoms with van der Waals surface area (Å²) >= 11 is 12.1. The van der Waals surface area contributed by atoms with Gasteiger partial charge in [0.2, 0.25) is 0 Å². The standard InChI is InChI=1S/C24H27Cl2N3O/c1-2-3-7-14-29(24(30)27-20-12-13-22(25)23(26)16-20)18-21-11-8-15-28(21)17-19-9-5-4-6-10-19/h4-6,8-13,15-16H,2-3,7,14,17-18H2,1H3,(H,27,30). The summed E-state index contributed by atoms with van der Waals surface area (Å²) in [5.74, 6) is 0. The second-order valence-electron chi connectivity index (χ2n) is 7.30. The van der Waals surface area contributed by atoms with Crippen molar-refractivity contribution in [2.24, 2.45) is 0 Å². The van der Waals surface area contributed by atoms with E-state index in [9.17, 15) is 4.79 Å². The predicted octanol–water partition coefficient (Wildman–Crippen LogP) is 7.07. The summed E-state index contributed by atoms with van der Waals surface area (Å²) in [4.78, 5) is 14.9. The molecule has 3 rings (SSSR count). The molecule has 3 aromatic rings. The lowest BCUT2D eigenvalue weighted by Gasteiger charge is -2.24. The quantitative estimate of drug-likeness (QED) is 0.352. The van der Waals surface area contributed by atoms with Gasteiger partial charge >= 0.3 is 6.03 Å². The monoisotopic (exact) mass is 443 g/mol. The maximum absolute atomic E-state index is 13.0. The molecule has 0 bridgehead atoms. The van der Waals surface area contributed by atoms with Crippen LogP contribution in [0, 0.1) is 0 Å². The molecule has 0 fully saturated rings. The van der Waals surface area contributed by atoms with Gasteiger partial charge in [-0.2, -0.15) is 0 Å². The number of rotatable bonds is 9. The Morgan fingerprint density at radius 2 is 1.80 bits per heavy atom. The van der Waals surface area contributed by atoms with Crippen LogP contribution in [0.4, 0.5) is 10.5 Å². The molecule has 0 aliphatic rings. The molecule has 30 heavy (non-hydrogen) atoms. The van der Waals surface area contributed by atoms with Crippen molar-refractivity contribution < 1.29 is 4.79 Å². The van der Waals surface area contributed by atoms with Crippen LogP contribution in [0.5, 0.6) is 0 Å². The molecule has 0 atom stereocenters. The largest absolute Gasteiger partial charge is 0.345 e. The number of carbonyl (C=O) groups excluding carboxylic acids is 1. The van der Waals surface area contributed by atoms with Crippen LogP contribution in [-0.4, -0.2) is 22.0 Å². The molecule has 0 radical (unpaired) electrons. The summed E-state index contributed by atoms with van der Waals surface area (Å²) in [5, 5.41) is 3.84. The van der Waals surface area contributed by atoms with E-state index < -0.39 is 0 Å². The molecule has 0 spiro atoms. The van der Waals surface area contributed by atoms with Crippen LogP contribution in [0.1, 0.15) is 37.4 Å². The number of urea groups is 1. The van der Waals surface area contributed by atoms with Gasteiger partial charge in [0.05, 0.1) is 16.6 Å². The van der Waals surface area contributed by atoms with E-state index in [1.54, 1.807) is 18.2 Å².